The summed E-state index contributed by atoms with van der Waals surface area (Å²) < 4.78 is 0. The first-order valence-corrected chi connectivity index (χ1v) is 6.27. The zero-order valence-electron chi connectivity index (χ0n) is 9.80. The van der Waals surface area contributed by atoms with Crippen molar-refractivity contribution >= 4 is 5.97 Å². The maximum Gasteiger partial charge on any atom is 0.307 e. The van der Waals surface area contributed by atoms with Gasteiger partial charge in [0.1, 0.15) is 0 Å². The van der Waals surface area contributed by atoms with Gasteiger partial charge in [-0.1, -0.05) is 24.3 Å². The third-order valence-electron chi connectivity index (χ3n) is 4.11. The Balaban J connectivity index is 1.68. The molecule has 0 unspecified atom stereocenters. The molecule has 1 saturated heterocycles. The lowest BCUT2D eigenvalue weighted by Crippen LogP contribution is -2.34. The Morgan fingerprint density at radius 1 is 1.24 bits per heavy atom. The van der Waals surface area contributed by atoms with Crippen LogP contribution in [0.2, 0.25) is 0 Å². The molecule has 0 amide bonds. The molecular formula is C14H17NO2. The highest BCUT2D eigenvalue weighted by molar-refractivity contribution is 5.70. The molecule has 17 heavy (non-hydrogen) atoms. The quantitative estimate of drug-likeness (QED) is 0.839. The van der Waals surface area contributed by atoms with Crippen molar-refractivity contribution in [2.24, 2.45) is 5.92 Å². The first kappa shape index (κ1) is 10.8. The monoisotopic (exact) mass is 231 g/mol. The second kappa shape index (κ2) is 4.15. The molecule has 1 aromatic carbocycles. The Hall–Kier alpha value is -1.35. The van der Waals surface area contributed by atoms with Crippen LogP contribution in [-0.4, -0.2) is 35.1 Å². The molecule has 0 aromatic heterocycles. The van der Waals surface area contributed by atoms with Gasteiger partial charge in [0.2, 0.25) is 0 Å². The van der Waals surface area contributed by atoms with Crippen LogP contribution in [0.4, 0.5) is 0 Å². The number of carboxylic acid groups (broad SMARTS) is 1. The van der Waals surface area contributed by atoms with Crippen LogP contribution in [0.25, 0.3) is 0 Å². The minimum absolute atomic E-state index is 0.154. The molecule has 1 heterocycles. The largest absolute Gasteiger partial charge is 0.481 e. The normalized spacial score (nSPS) is 25.1. The molecule has 3 heteroatoms. The predicted octanol–water partition coefficient (Wildman–Crippen LogP) is 1.56. The average molecular weight is 231 g/mol. The van der Waals surface area contributed by atoms with Gasteiger partial charge in [-0.2, -0.15) is 0 Å². The molecule has 90 valence electrons. The molecule has 1 aliphatic heterocycles. The second-order valence-corrected chi connectivity index (χ2v) is 5.15. The van der Waals surface area contributed by atoms with E-state index in [2.05, 4.69) is 29.2 Å². The fourth-order valence-corrected chi connectivity index (χ4v) is 3.11. The van der Waals surface area contributed by atoms with Crippen LogP contribution in [0.1, 0.15) is 17.5 Å². The van der Waals surface area contributed by atoms with E-state index in [9.17, 15) is 4.79 Å². The van der Waals surface area contributed by atoms with E-state index >= 15 is 0 Å². The Kier molecular flexibility index (Phi) is 2.63. The average Bonchev–Trinajstić information content (AvgIpc) is 2.95. The van der Waals surface area contributed by atoms with Crippen LogP contribution in [0.3, 0.4) is 0 Å². The van der Waals surface area contributed by atoms with E-state index in [-0.39, 0.29) is 5.92 Å². The fourth-order valence-electron chi connectivity index (χ4n) is 3.11. The van der Waals surface area contributed by atoms with Gasteiger partial charge in [-0.05, 0) is 36.9 Å². The molecule has 0 spiro atoms. The lowest BCUT2D eigenvalue weighted by atomic mass is 10.1. The van der Waals surface area contributed by atoms with Crippen molar-refractivity contribution in [2.45, 2.75) is 25.3 Å². The third-order valence-corrected chi connectivity index (χ3v) is 4.11. The van der Waals surface area contributed by atoms with E-state index in [1.165, 1.54) is 11.1 Å². The number of nitrogens with zero attached hydrogens (tertiary/aromatic N) is 1. The van der Waals surface area contributed by atoms with Gasteiger partial charge < -0.3 is 5.11 Å². The van der Waals surface area contributed by atoms with E-state index in [1.807, 2.05) is 0 Å². The van der Waals surface area contributed by atoms with E-state index in [0.717, 1.165) is 32.4 Å². The molecule has 0 radical (unpaired) electrons. The van der Waals surface area contributed by atoms with Crippen molar-refractivity contribution in [3.05, 3.63) is 35.4 Å². The van der Waals surface area contributed by atoms with Crippen molar-refractivity contribution in [1.82, 2.24) is 4.90 Å². The molecule has 1 fully saturated rings. The number of fused-ring (bicyclic) bond motifs is 1. The summed E-state index contributed by atoms with van der Waals surface area (Å²) in [6.45, 7) is 1.67. The van der Waals surface area contributed by atoms with Crippen molar-refractivity contribution in [2.75, 3.05) is 13.1 Å². The first-order chi connectivity index (χ1) is 8.24. The summed E-state index contributed by atoms with van der Waals surface area (Å²) in [5.74, 6) is -0.790. The number of hydrogen-bond donors (Lipinski definition) is 1. The molecule has 2 aliphatic rings. The minimum Gasteiger partial charge on any atom is -0.481 e. The Morgan fingerprint density at radius 2 is 1.88 bits per heavy atom. The van der Waals surface area contributed by atoms with Gasteiger partial charge in [0.15, 0.2) is 0 Å². The van der Waals surface area contributed by atoms with Crippen LogP contribution in [0.15, 0.2) is 24.3 Å². The number of carboxylic acids is 1. The summed E-state index contributed by atoms with van der Waals surface area (Å²) in [5.41, 5.74) is 2.88. The van der Waals surface area contributed by atoms with Crippen molar-refractivity contribution in [3.63, 3.8) is 0 Å². The molecule has 0 saturated carbocycles. The molecule has 1 aromatic rings. The number of likely N-dealkylation sites (tertiary alicyclic amines) is 1. The van der Waals surface area contributed by atoms with Crippen LogP contribution in [-0.2, 0) is 17.6 Å². The molecule has 1 N–H and O–H groups in total. The lowest BCUT2D eigenvalue weighted by molar-refractivity contribution is -0.141. The van der Waals surface area contributed by atoms with E-state index in [1.54, 1.807) is 0 Å². The zero-order valence-corrected chi connectivity index (χ0v) is 9.80. The first-order valence-electron chi connectivity index (χ1n) is 6.27. The maximum atomic E-state index is 11.0. The lowest BCUT2D eigenvalue weighted by Gasteiger charge is -2.23. The van der Waals surface area contributed by atoms with Gasteiger partial charge in [0.25, 0.3) is 0 Å². The molecular weight excluding hydrogens is 214 g/mol. The Bertz CT molecular complexity index is 419. The molecule has 1 aliphatic carbocycles. The Morgan fingerprint density at radius 3 is 2.41 bits per heavy atom. The van der Waals surface area contributed by atoms with Gasteiger partial charge in [0.05, 0.1) is 5.92 Å². The highest BCUT2D eigenvalue weighted by Crippen LogP contribution is 2.29. The summed E-state index contributed by atoms with van der Waals surface area (Å²) in [5, 5.41) is 9.02. The van der Waals surface area contributed by atoms with Crippen molar-refractivity contribution in [1.29, 1.82) is 0 Å². The Labute approximate surface area is 101 Å². The fraction of sp³-hybridized carbons (Fsp3) is 0.500. The van der Waals surface area contributed by atoms with E-state index < -0.39 is 5.97 Å². The number of hydrogen-bond acceptors (Lipinski definition) is 2. The summed E-state index contributed by atoms with van der Waals surface area (Å²) in [6, 6.07) is 9.09. The number of benzene rings is 1. The predicted molar refractivity (Wildman–Crippen MR) is 65.0 cm³/mol. The zero-order chi connectivity index (χ0) is 11.8. The van der Waals surface area contributed by atoms with Gasteiger partial charge in [-0.25, -0.2) is 0 Å². The SMILES string of the molecule is O=C(O)[C@@H]1CCN(C2Cc3ccccc3C2)C1. The highest BCUT2D eigenvalue weighted by atomic mass is 16.4. The number of aliphatic carboxylic acids is 1. The molecule has 1 atom stereocenters. The van der Waals surface area contributed by atoms with Crippen molar-refractivity contribution in [3.8, 4) is 0 Å². The summed E-state index contributed by atoms with van der Waals surface area (Å²) in [6.07, 6.45) is 2.98. The van der Waals surface area contributed by atoms with Crippen molar-refractivity contribution < 1.29 is 9.90 Å². The van der Waals surface area contributed by atoms with Gasteiger partial charge in [-0.15, -0.1) is 0 Å². The number of carbonyl (C=O) groups is 1. The number of rotatable bonds is 2. The highest BCUT2D eigenvalue weighted by Gasteiger charge is 2.34. The molecule has 3 rings (SSSR count). The molecule has 3 nitrogen and oxygen atoms in total. The third kappa shape index (κ3) is 1.95. The maximum absolute atomic E-state index is 11.0. The molecule has 0 bridgehead atoms. The van der Waals surface area contributed by atoms with Crippen LogP contribution >= 0.6 is 0 Å². The van der Waals surface area contributed by atoms with Gasteiger partial charge in [0, 0.05) is 12.6 Å². The summed E-state index contributed by atoms with van der Waals surface area (Å²) >= 11 is 0. The topological polar surface area (TPSA) is 40.5 Å². The van der Waals surface area contributed by atoms with Crippen LogP contribution < -0.4 is 0 Å². The van der Waals surface area contributed by atoms with Gasteiger partial charge >= 0.3 is 5.97 Å². The van der Waals surface area contributed by atoms with Gasteiger partial charge in [-0.3, -0.25) is 9.69 Å². The van der Waals surface area contributed by atoms with Crippen LogP contribution in [0, 0.1) is 5.92 Å². The summed E-state index contributed by atoms with van der Waals surface area (Å²) in [4.78, 5) is 13.3. The van der Waals surface area contributed by atoms with E-state index in [0.29, 0.717) is 6.04 Å². The van der Waals surface area contributed by atoms with Crippen LogP contribution in [0.5, 0.6) is 0 Å². The van der Waals surface area contributed by atoms with E-state index in [4.69, 9.17) is 5.11 Å². The standard InChI is InChI=1S/C14H17NO2/c16-14(17)12-5-6-15(9-12)13-7-10-3-1-2-4-11(10)8-13/h1-4,12-13H,5-9H2,(H,16,17)/t12-/m1/s1. The smallest absolute Gasteiger partial charge is 0.307 e. The summed E-state index contributed by atoms with van der Waals surface area (Å²) in [7, 11) is 0. The second-order valence-electron chi connectivity index (χ2n) is 5.15. The minimum atomic E-state index is -0.636.